The fraction of sp³-hybridized carbons (Fsp3) is 0.667. The van der Waals surface area contributed by atoms with Crippen LogP contribution in [0.1, 0.15) is 57.4 Å². The highest BCUT2D eigenvalue weighted by molar-refractivity contribution is 6.35. The van der Waals surface area contributed by atoms with E-state index in [9.17, 15) is 0 Å². The van der Waals surface area contributed by atoms with E-state index in [4.69, 9.17) is 23.2 Å². The normalized spacial score (nSPS) is 17.3. The molecule has 2 rings (SSSR count). The first-order valence-corrected chi connectivity index (χ1v) is 9.05. The SMILES string of the molecule is CCCNCCC1(CCc2ccc(Cl)cc2Cl)CCCC1. The highest BCUT2D eigenvalue weighted by Gasteiger charge is 2.32. The number of nitrogens with one attached hydrogen (secondary N) is 1. The molecule has 1 aliphatic carbocycles. The van der Waals surface area contributed by atoms with Crippen molar-refractivity contribution in [1.29, 1.82) is 0 Å². The van der Waals surface area contributed by atoms with E-state index in [2.05, 4.69) is 18.3 Å². The molecule has 21 heavy (non-hydrogen) atoms. The lowest BCUT2D eigenvalue weighted by molar-refractivity contribution is 0.245. The molecule has 0 radical (unpaired) electrons. The highest BCUT2D eigenvalue weighted by atomic mass is 35.5. The summed E-state index contributed by atoms with van der Waals surface area (Å²) in [5.74, 6) is 0. The quantitative estimate of drug-likeness (QED) is 0.588. The third-order valence-corrected chi connectivity index (χ3v) is 5.45. The van der Waals surface area contributed by atoms with Crippen molar-refractivity contribution in [2.24, 2.45) is 5.41 Å². The van der Waals surface area contributed by atoms with Gasteiger partial charge in [-0.25, -0.2) is 0 Å². The summed E-state index contributed by atoms with van der Waals surface area (Å²) in [4.78, 5) is 0. The second-order valence-electron chi connectivity index (χ2n) is 6.44. The van der Waals surface area contributed by atoms with E-state index in [1.807, 2.05) is 12.1 Å². The first kappa shape index (κ1) is 17.1. The fourth-order valence-electron chi connectivity index (χ4n) is 3.53. The minimum Gasteiger partial charge on any atom is -0.317 e. The van der Waals surface area contributed by atoms with Crippen LogP contribution in [0.5, 0.6) is 0 Å². The van der Waals surface area contributed by atoms with Crippen molar-refractivity contribution in [1.82, 2.24) is 5.32 Å². The van der Waals surface area contributed by atoms with Gasteiger partial charge in [-0.2, -0.15) is 0 Å². The van der Waals surface area contributed by atoms with Crippen LogP contribution in [0.25, 0.3) is 0 Å². The van der Waals surface area contributed by atoms with E-state index in [1.54, 1.807) is 0 Å². The van der Waals surface area contributed by atoms with Gasteiger partial charge in [0.05, 0.1) is 0 Å². The summed E-state index contributed by atoms with van der Waals surface area (Å²) in [5, 5.41) is 5.10. The Kier molecular flexibility index (Phi) is 6.85. The molecule has 3 heteroatoms. The largest absolute Gasteiger partial charge is 0.317 e. The fourth-order valence-corrected chi connectivity index (χ4v) is 4.03. The number of rotatable bonds is 8. The lowest BCUT2D eigenvalue weighted by Gasteiger charge is -2.29. The molecule has 1 aromatic rings. The number of hydrogen-bond acceptors (Lipinski definition) is 1. The summed E-state index contributed by atoms with van der Waals surface area (Å²) >= 11 is 12.3. The van der Waals surface area contributed by atoms with E-state index < -0.39 is 0 Å². The Morgan fingerprint density at radius 1 is 1.10 bits per heavy atom. The molecule has 1 aliphatic rings. The van der Waals surface area contributed by atoms with E-state index in [0.29, 0.717) is 5.41 Å². The lowest BCUT2D eigenvalue weighted by atomic mass is 9.77. The Balaban J connectivity index is 1.90. The Morgan fingerprint density at radius 3 is 2.52 bits per heavy atom. The minimum atomic E-state index is 0.531. The monoisotopic (exact) mass is 327 g/mol. The maximum absolute atomic E-state index is 6.31. The second kappa shape index (κ2) is 8.41. The third-order valence-electron chi connectivity index (χ3n) is 4.86. The van der Waals surface area contributed by atoms with E-state index in [1.165, 1.54) is 50.5 Å². The van der Waals surface area contributed by atoms with Crippen LogP contribution in [0, 0.1) is 5.41 Å². The van der Waals surface area contributed by atoms with Crippen molar-refractivity contribution in [2.75, 3.05) is 13.1 Å². The molecule has 1 saturated carbocycles. The van der Waals surface area contributed by atoms with E-state index in [0.717, 1.165) is 29.6 Å². The van der Waals surface area contributed by atoms with Gasteiger partial charge in [0.2, 0.25) is 0 Å². The summed E-state index contributed by atoms with van der Waals surface area (Å²) in [6.45, 7) is 4.52. The summed E-state index contributed by atoms with van der Waals surface area (Å²) in [7, 11) is 0. The zero-order valence-corrected chi connectivity index (χ0v) is 14.6. The molecule has 0 unspecified atom stereocenters. The van der Waals surface area contributed by atoms with Crippen molar-refractivity contribution in [3.63, 3.8) is 0 Å². The van der Waals surface area contributed by atoms with Gasteiger partial charge in [-0.05, 0) is 74.7 Å². The Labute approximate surface area is 139 Å². The van der Waals surface area contributed by atoms with Crippen LogP contribution >= 0.6 is 23.2 Å². The maximum atomic E-state index is 6.31. The van der Waals surface area contributed by atoms with Crippen molar-refractivity contribution in [2.45, 2.75) is 58.3 Å². The molecule has 0 bridgehead atoms. The van der Waals surface area contributed by atoms with Gasteiger partial charge in [-0.1, -0.05) is 49.0 Å². The van der Waals surface area contributed by atoms with Gasteiger partial charge >= 0.3 is 0 Å². The van der Waals surface area contributed by atoms with Gasteiger partial charge in [-0.3, -0.25) is 0 Å². The van der Waals surface area contributed by atoms with Crippen LogP contribution < -0.4 is 5.32 Å². The first-order chi connectivity index (χ1) is 10.2. The number of hydrogen-bond donors (Lipinski definition) is 1. The molecule has 0 amide bonds. The minimum absolute atomic E-state index is 0.531. The van der Waals surface area contributed by atoms with Gasteiger partial charge in [0.15, 0.2) is 0 Å². The first-order valence-electron chi connectivity index (χ1n) is 8.30. The van der Waals surface area contributed by atoms with Gasteiger partial charge in [-0.15, -0.1) is 0 Å². The number of benzene rings is 1. The van der Waals surface area contributed by atoms with Gasteiger partial charge in [0.25, 0.3) is 0 Å². The van der Waals surface area contributed by atoms with Crippen LogP contribution in [0.15, 0.2) is 18.2 Å². The van der Waals surface area contributed by atoms with Crippen LogP contribution in [0.3, 0.4) is 0 Å². The zero-order valence-electron chi connectivity index (χ0n) is 13.1. The molecule has 1 fully saturated rings. The topological polar surface area (TPSA) is 12.0 Å². The van der Waals surface area contributed by atoms with Crippen molar-refractivity contribution in [3.8, 4) is 0 Å². The number of halogens is 2. The van der Waals surface area contributed by atoms with Crippen LogP contribution in [0.2, 0.25) is 10.0 Å². The number of aryl methyl sites for hydroxylation is 1. The van der Waals surface area contributed by atoms with Crippen molar-refractivity contribution < 1.29 is 0 Å². The maximum Gasteiger partial charge on any atom is 0.0452 e. The standard InChI is InChI=1S/C18H27Cl2N/c1-2-12-21-13-11-18(8-3-4-9-18)10-7-15-5-6-16(19)14-17(15)20/h5-6,14,21H,2-4,7-13H2,1H3. The van der Waals surface area contributed by atoms with Crippen LogP contribution in [-0.2, 0) is 6.42 Å². The molecule has 1 aromatic carbocycles. The van der Waals surface area contributed by atoms with Crippen molar-refractivity contribution >= 4 is 23.2 Å². The predicted octanol–water partition coefficient (Wildman–Crippen LogP) is 5.88. The average molecular weight is 328 g/mol. The van der Waals surface area contributed by atoms with Gasteiger partial charge in [0.1, 0.15) is 0 Å². The molecule has 0 spiro atoms. The molecule has 1 nitrogen and oxygen atoms in total. The molecule has 1 N–H and O–H groups in total. The van der Waals surface area contributed by atoms with Crippen LogP contribution in [-0.4, -0.2) is 13.1 Å². The molecular weight excluding hydrogens is 301 g/mol. The summed E-state index contributed by atoms with van der Waals surface area (Å²) in [5.41, 5.74) is 1.78. The lowest BCUT2D eigenvalue weighted by Crippen LogP contribution is -2.26. The molecule has 0 atom stereocenters. The molecule has 0 aliphatic heterocycles. The Morgan fingerprint density at radius 2 is 1.86 bits per heavy atom. The van der Waals surface area contributed by atoms with Gasteiger partial charge < -0.3 is 5.32 Å². The molecule has 0 aromatic heterocycles. The predicted molar refractivity (Wildman–Crippen MR) is 93.5 cm³/mol. The van der Waals surface area contributed by atoms with E-state index in [-0.39, 0.29) is 0 Å². The van der Waals surface area contributed by atoms with E-state index >= 15 is 0 Å². The Hall–Kier alpha value is -0.240. The van der Waals surface area contributed by atoms with Gasteiger partial charge in [0, 0.05) is 10.0 Å². The molecule has 0 heterocycles. The smallest absolute Gasteiger partial charge is 0.0452 e. The third kappa shape index (κ3) is 5.16. The average Bonchev–Trinajstić information content (AvgIpc) is 2.92. The Bertz CT molecular complexity index is 439. The second-order valence-corrected chi connectivity index (χ2v) is 7.29. The van der Waals surface area contributed by atoms with Crippen LogP contribution in [0.4, 0.5) is 0 Å². The highest BCUT2D eigenvalue weighted by Crippen LogP contribution is 2.44. The summed E-state index contributed by atoms with van der Waals surface area (Å²) in [6, 6.07) is 5.90. The summed E-state index contributed by atoms with van der Waals surface area (Å²) < 4.78 is 0. The van der Waals surface area contributed by atoms with Crippen molar-refractivity contribution in [3.05, 3.63) is 33.8 Å². The molecule has 0 saturated heterocycles. The molecular formula is C18H27Cl2N. The summed E-state index contributed by atoms with van der Waals surface area (Å²) in [6.07, 6.45) is 10.4. The zero-order chi connectivity index (χ0) is 15.1. The molecule has 118 valence electrons.